The molecular formula is C24H28N4O3S3. The second-order valence-electron chi connectivity index (χ2n) is 8.72. The third-order valence-corrected chi connectivity index (χ3v) is 9.85. The summed E-state index contributed by atoms with van der Waals surface area (Å²) in [6.45, 7) is 0. The van der Waals surface area contributed by atoms with Gasteiger partial charge in [-0.05, 0) is 62.5 Å². The molecule has 3 aromatic rings. The number of fused-ring (bicyclic) bond motifs is 2. The first kappa shape index (κ1) is 23.6. The van der Waals surface area contributed by atoms with Gasteiger partial charge in [0.2, 0.25) is 5.91 Å². The molecule has 0 atom stereocenters. The molecule has 0 spiro atoms. The summed E-state index contributed by atoms with van der Waals surface area (Å²) in [7, 11) is 3.34. The largest absolute Gasteiger partial charge is 0.465 e. The van der Waals surface area contributed by atoms with Gasteiger partial charge in [0.15, 0.2) is 11.0 Å². The molecule has 0 saturated carbocycles. The molecule has 5 rings (SSSR count). The van der Waals surface area contributed by atoms with Crippen LogP contribution in [0.2, 0.25) is 0 Å². The summed E-state index contributed by atoms with van der Waals surface area (Å²) in [5, 5.41) is 15.3. The number of nitrogens with one attached hydrogen (secondary N) is 1. The summed E-state index contributed by atoms with van der Waals surface area (Å²) < 4.78 is 7.01. The Labute approximate surface area is 211 Å². The molecule has 0 aromatic carbocycles. The Morgan fingerprint density at radius 3 is 2.65 bits per heavy atom. The molecule has 10 heteroatoms. The fourth-order valence-electron chi connectivity index (χ4n) is 4.80. The van der Waals surface area contributed by atoms with Gasteiger partial charge in [-0.2, -0.15) is 0 Å². The molecule has 3 aromatic heterocycles. The Morgan fingerprint density at radius 2 is 1.79 bits per heavy atom. The molecule has 0 aliphatic heterocycles. The van der Waals surface area contributed by atoms with Gasteiger partial charge in [-0.3, -0.25) is 4.79 Å². The van der Waals surface area contributed by atoms with Crippen molar-refractivity contribution < 1.29 is 14.3 Å². The van der Waals surface area contributed by atoms with Crippen LogP contribution < -0.4 is 5.32 Å². The monoisotopic (exact) mass is 516 g/mol. The lowest BCUT2D eigenvalue weighted by Gasteiger charge is -2.12. The highest BCUT2D eigenvalue weighted by molar-refractivity contribution is 7.99. The minimum absolute atomic E-state index is 0.163. The number of thiophene rings is 2. The maximum absolute atomic E-state index is 12.8. The molecular weight excluding hydrogens is 488 g/mol. The van der Waals surface area contributed by atoms with Gasteiger partial charge in [0.25, 0.3) is 0 Å². The van der Waals surface area contributed by atoms with Gasteiger partial charge in [0.1, 0.15) is 5.00 Å². The van der Waals surface area contributed by atoms with Crippen LogP contribution in [0.15, 0.2) is 10.5 Å². The number of hydrogen-bond acceptors (Lipinski definition) is 8. The average Bonchev–Trinajstić information content (AvgIpc) is 3.47. The Kier molecular flexibility index (Phi) is 7.08. The third-order valence-electron chi connectivity index (χ3n) is 6.53. The second-order valence-corrected chi connectivity index (χ2v) is 11.7. The van der Waals surface area contributed by atoms with Crippen molar-refractivity contribution in [3.8, 4) is 11.4 Å². The van der Waals surface area contributed by atoms with E-state index >= 15 is 0 Å². The number of methoxy groups -OCH3 is 1. The Hall–Kier alpha value is -2.17. The fourth-order valence-corrected chi connectivity index (χ4v) is 7.93. The standard InChI is InChI=1S/C24H28N4O3S3/c1-28-21(16-12-32-17-10-7-6-8-14(16)17)26-27-24(28)33-13-19(29)25-22-20(23(30)31-2)15-9-4-3-5-11-18(15)34-22/h12H,3-11,13H2,1-2H3,(H,25,29). The number of anilines is 1. The van der Waals surface area contributed by atoms with Crippen LogP contribution in [0, 0.1) is 0 Å². The van der Waals surface area contributed by atoms with Crippen LogP contribution in [-0.4, -0.2) is 39.5 Å². The lowest BCUT2D eigenvalue weighted by molar-refractivity contribution is -0.113. The van der Waals surface area contributed by atoms with E-state index in [9.17, 15) is 9.59 Å². The molecule has 0 bridgehead atoms. The molecule has 1 amide bonds. The predicted molar refractivity (Wildman–Crippen MR) is 137 cm³/mol. The van der Waals surface area contributed by atoms with E-state index in [1.807, 2.05) is 23.0 Å². The molecule has 2 aliphatic rings. The number of hydrogen-bond donors (Lipinski definition) is 1. The van der Waals surface area contributed by atoms with Crippen LogP contribution >= 0.6 is 34.4 Å². The number of aromatic nitrogens is 3. The summed E-state index contributed by atoms with van der Waals surface area (Å²) in [5.74, 6) is 0.511. The van der Waals surface area contributed by atoms with E-state index in [1.54, 1.807) is 0 Å². The quantitative estimate of drug-likeness (QED) is 0.273. The van der Waals surface area contributed by atoms with E-state index in [-0.39, 0.29) is 17.6 Å². The number of rotatable bonds is 6. The van der Waals surface area contributed by atoms with Crippen molar-refractivity contribution in [1.29, 1.82) is 0 Å². The number of thioether (sulfide) groups is 1. The van der Waals surface area contributed by atoms with Gasteiger partial charge in [-0.15, -0.1) is 32.9 Å². The zero-order chi connectivity index (χ0) is 23.7. The lowest BCUT2D eigenvalue weighted by Crippen LogP contribution is -2.16. The predicted octanol–water partition coefficient (Wildman–Crippen LogP) is 5.27. The third kappa shape index (κ3) is 4.55. The second kappa shape index (κ2) is 10.2. The highest BCUT2D eigenvalue weighted by Gasteiger charge is 2.27. The number of ether oxygens (including phenoxy) is 1. The zero-order valence-corrected chi connectivity index (χ0v) is 21.9. The van der Waals surface area contributed by atoms with E-state index in [4.69, 9.17) is 4.74 Å². The minimum Gasteiger partial charge on any atom is -0.465 e. The maximum atomic E-state index is 12.8. The van der Waals surface area contributed by atoms with Gasteiger partial charge in [0, 0.05) is 27.7 Å². The van der Waals surface area contributed by atoms with Gasteiger partial charge in [0.05, 0.1) is 18.4 Å². The van der Waals surface area contributed by atoms with Gasteiger partial charge >= 0.3 is 5.97 Å². The zero-order valence-electron chi connectivity index (χ0n) is 19.4. The van der Waals surface area contributed by atoms with E-state index < -0.39 is 0 Å². The van der Waals surface area contributed by atoms with E-state index in [2.05, 4.69) is 20.9 Å². The van der Waals surface area contributed by atoms with E-state index in [0.29, 0.717) is 15.7 Å². The highest BCUT2D eigenvalue weighted by atomic mass is 32.2. The number of carbonyl (C=O) groups excluding carboxylic acids is 2. The lowest BCUT2D eigenvalue weighted by atomic mass is 9.96. The molecule has 34 heavy (non-hydrogen) atoms. The van der Waals surface area contributed by atoms with Crippen molar-refractivity contribution in [3.63, 3.8) is 0 Å². The average molecular weight is 517 g/mol. The Morgan fingerprint density at radius 1 is 1.06 bits per heavy atom. The minimum atomic E-state index is -0.376. The van der Waals surface area contributed by atoms with Gasteiger partial charge < -0.3 is 14.6 Å². The first-order chi connectivity index (χ1) is 16.6. The molecule has 2 aliphatic carbocycles. The van der Waals surface area contributed by atoms with Crippen LogP contribution in [0.1, 0.15) is 63.3 Å². The van der Waals surface area contributed by atoms with Crippen molar-refractivity contribution in [2.75, 3.05) is 18.2 Å². The number of aryl methyl sites for hydroxylation is 2. The van der Waals surface area contributed by atoms with Crippen molar-refractivity contribution >= 4 is 51.3 Å². The number of esters is 1. The Balaban J connectivity index is 1.29. The van der Waals surface area contributed by atoms with Gasteiger partial charge in [-0.25, -0.2) is 4.79 Å². The summed E-state index contributed by atoms with van der Waals surface area (Å²) >= 11 is 4.68. The molecule has 0 unspecified atom stereocenters. The number of carbonyl (C=O) groups is 2. The number of nitrogens with zero attached hydrogens (tertiary/aromatic N) is 3. The van der Waals surface area contributed by atoms with Crippen LogP contribution in [-0.2, 0) is 42.3 Å². The molecule has 1 N–H and O–H groups in total. The Bertz CT molecular complexity index is 1230. The van der Waals surface area contributed by atoms with Gasteiger partial charge in [-0.1, -0.05) is 18.2 Å². The van der Waals surface area contributed by atoms with Crippen LogP contribution in [0.3, 0.4) is 0 Å². The van der Waals surface area contributed by atoms with Crippen LogP contribution in [0.5, 0.6) is 0 Å². The van der Waals surface area contributed by atoms with Crippen molar-refractivity contribution in [3.05, 3.63) is 31.8 Å². The molecule has 0 fully saturated rings. The first-order valence-corrected chi connectivity index (χ1v) is 14.4. The summed E-state index contributed by atoms with van der Waals surface area (Å²) in [4.78, 5) is 28.0. The van der Waals surface area contributed by atoms with E-state index in [0.717, 1.165) is 56.3 Å². The molecule has 0 saturated heterocycles. The maximum Gasteiger partial charge on any atom is 0.341 e. The molecule has 7 nitrogen and oxygen atoms in total. The molecule has 0 radical (unpaired) electrons. The van der Waals surface area contributed by atoms with Crippen LogP contribution in [0.4, 0.5) is 5.00 Å². The molecule has 3 heterocycles. The smallest absolute Gasteiger partial charge is 0.341 e. The fraction of sp³-hybridized carbons (Fsp3) is 0.500. The normalized spacial score (nSPS) is 15.4. The van der Waals surface area contributed by atoms with Crippen molar-refractivity contribution in [1.82, 2.24) is 14.8 Å². The number of amides is 1. The molecule has 180 valence electrons. The highest BCUT2D eigenvalue weighted by Crippen LogP contribution is 2.39. The van der Waals surface area contributed by atoms with E-state index in [1.165, 1.54) is 63.9 Å². The van der Waals surface area contributed by atoms with Crippen molar-refractivity contribution in [2.45, 2.75) is 62.9 Å². The van der Waals surface area contributed by atoms with Crippen LogP contribution in [0.25, 0.3) is 11.4 Å². The summed E-state index contributed by atoms with van der Waals surface area (Å²) in [5.41, 5.74) is 4.17. The summed E-state index contributed by atoms with van der Waals surface area (Å²) in [6, 6.07) is 0. The topological polar surface area (TPSA) is 86.1 Å². The van der Waals surface area contributed by atoms with Crippen molar-refractivity contribution in [2.24, 2.45) is 7.05 Å². The summed E-state index contributed by atoms with van der Waals surface area (Å²) in [6.07, 6.45) is 9.85. The SMILES string of the molecule is COC(=O)c1c(NC(=O)CSc2nnc(-c3csc4c3CCCC4)n2C)sc2c1CCCCC2. The first-order valence-electron chi connectivity index (χ1n) is 11.7.